The van der Waals surface area contributed by atoms with Gasteiger partial charge in [0.1, 0.15) is 11.3 Å². The van der Waals surface area contributed by atoms with Gasteiger partial charge in [0.15, 0.2) is 0 Å². The molecule has 1 aromatic rings. The molecule has 0 bridgehead atoms. The maximum atomic E-state index is 10.7. The second-order valence-electron chi connectivity index (χ2n) is 2.60. The number of thiol groups is 1. The van der Waals surface area contributed by atoms with Crippen molar-refractivity contribution in [1.29, 1.82) is 0 Å². The summed E-state index contributed by atoms with van der Waals surface area (Å²) in [7, 11) is 1.50. The SMILES string of the molecule is COc1ccc([N+](=O)[O-])c(C#CCS)c1. The summed E-state index contributed by atoms with van der Waals surface area (Å²) in [4.78, 5) is 10.2. The highest BCUT2D eigenvalue weighted by Crippen LogP contribution is 2.22. The Labute approximate surface area is 92.8 Å². The van der Waals surface area contributed by atoms with Crippen LogP contribution in [0.2, 0.25) is 0 Å². The van der Waals surface area contributed by atoms with E-state index in [4.69, 9.17) is 4.74 Å². The van der Waals surface area contributed by atoms with Crippen LogP contribution >= 0.6 is 12.6 Å². The first-order chi connectivity index (χ1) is 7.19. The molecule has 0 aromatic heterocycles. The second kappa shape index (κ2) is 5.27. The summed E-state index contributed by atoms with van der Waals surface area (Å²) in [5.41, 5.74) is 0.318. The number of nitro groups is 1. The van der Waals surface area contributed by atoms with Gasteiger partial charge in [-0.2, -0.15) is 12.6 Å². The third kappa shape index (κ3) is 2.89. The van der Waals surface area contributed by atoms with Gasteiger partial charge in [0, 0.05) is 12.1 Å². The number of ether oxygens (including phenoxy) is 1. The van der Waals surface area contributed by atoms with Crippen LogP contribution in [0, 0.1) is 22.0 Å². The quantitative estimate of drug-likeness (QED) is 0.360. The van der Waals surface area contributed by atoms with Crippen LogP contribution in [0.25, 0.3) is 0 Å². The number of hydrogen-bond donors (Lipinski definition) is 1. The molecule has 0 heterocycles. The van der Waals surface area contributed by atoms with Gasteiger partial charge in [0.05, 0.1) is 17.8 Å². The molecule has 0 aliphatic carbocycles. The zero-order valence-electron chi connectivity index (χ0n) is 8.06. The normalized spacial score (nSPS) is 8.93. The van der Waals surface area contributed by atoms with Crippen molar-refractivity contribution in [3.8, 4) is 17.6 Å². The summed E-state index contributed by atoms with van der Waals surface area (Å²) < 4.78 is 4.96. The highest BCUT2D eigenvalue weighted by atomic mass is 32.1. The van der Waals surface area contributed by atoms with E-state index < -0.39 is 4.92 Å². The van der Waals surface area contributed by atoms with Crippen LogP contribution in [-0.2, 0) is 0 Å². The zero-order valence-corrected chi connectivity index (χ0v) is 8.95. The summed E-state index contributed by atoms with van der Waals surface area (Å²) in [6.07, 6.45) is 0. The standard InChI is InChI=1S/C10H9NO3S/c1-14-9-4-5-10(11(12)13)8(7-9)3-2-6-15/h4-5,7,15H,6H2,1H3. The first kappa shape index (κ1) is 11.4. The number of nitro benzene ring substituents is 1. The van der Waals surface area contributed by atoms with Crippen molar-refractivity contribution in [2.24, 2.45) is 0 Å². The van der Waals surface area contributed by atoms with Crippen LogP contribution in [0.4, 0.5) is 5.69 Å². The molecule has 0 fully saturated rings. The molecule has 0 aliphatic heterocycles. The van der Waals surface area contributed by atoms with E-state index in [-0.39, 0.29) is 5.69 Å². The van der Waals surface area contributed by atoms with Crippen LogP contribution in [-0.4, -0.2) is 17.8 Å². The predicted octanol–water partition coefficient (Wildman–Crippen LogP) is 1.88. The molecule has 0 atom stereocenters. The fourth-order valence-electron chi connectivity index (χ4n) is 1.04. The molecule has 4 nitrogen and oxygen atoms in total. The third-order valence-electron chi connectivity index (χ3n) is 1.70. The minimum Gasteiger partial charge on any atom is -0.497 e. The lowest BCUT2D eigenvalue weighted by Gasteiger charge is -2.00. The molecule has 1 rings (SSSR count). The summed E-state index contributed by atoms with van der Waals surface area (Å²) in [5, 5.41) is 10.7. The lowest BCUT2D eigenvalue weighted by molar-refractivity contribution is -0.385. The Kier molecular flexibility index (Phi) is 4.01. The molecular weight excluding hydrogens is 214 g/mol. The zero-order chi connectivity index (χ0) is 11.3. The van der Waals surface area contributed by atoms with E-state index in [2.05, 4.69) is 24.5 Å². The van der Waals surface area contributed by atoms with Crippen molar-refractivity contribution in [3.05, 3.63) is 33.9 Å². The van der Waals surface area contributed by atoms with Crippen molar-refractivity contribution >= 4 is 18.3 Å². The number of methoxy groups -OCH3 is 1. The Morgan fingerprint density at radius 1 is 1.60 bits per heavy atom. The van der Waals surface area contributed by atoms with E-state index in [1.807, 2.05) is 0 Å². The van der Waals surface area contributed by atoms with Gasteiger partial charge in [0.25, 0.3) is 5.69 Å². The summed E-state index contributed by atoms with van der Waals surface area (Å²) in [6.45, 7) is 0. The van der Waals surface area contributed by atoms with Crippen molar-refractivity contribution in [2.75, 3.05) is 12.9 Å². The molecular formula is C10H9NO3S. The molecule has 78 valence electrons. The second-order valence-corrected chi connectivity index (χ2v) is 2.92. The van der Waals surface area contributed by atoms with Gasteiger partial charge in [-0.15, -0.1) is 0 Å². The largest absolute Gasteiger partial charge is 0.497 e. The van der Waals surface area contributed by atoms with Crippen molar-refractivity contribution in [2.45, 2.75) is 0 Å². The number of benzene rings is 1. The molecule has 0 spiro atoms. The van der Waals surface area contributed by atoms with Crippen LogP contribution in [0.5, 0.6) is 5.75 Å². The summed E-state index contributed by atoms with van der Waals surface area (Å²) in [6, 6.07) is 4.44. The Hall–Kier alpha value is -1.67. The van der Waals surface area contributed by atoms with E-state index in [1.54, 1.807) is 0 Å². The third-order valence-corrected chi connectivity index (χ3v) is 1.86. The molecule has 0 radical (unpaired) electrons. The average Bonchev–Trinajstić information content (AvgIpc) is 2.25. The predicted molar refractivity (Wildman–Crippen MR) is 60.4 cm³/mol. The topological polar surface area (TPSA) is 52.4 Å². The monoisotopic (exact) mass is 223 g/mol. The smallest absolute Gasteiger partial charge is 0.285 e. The van der Waals surface area contributed by atoms with Crippen LogP contribution in [0.15, 0.2) is 18.2 Å². The van der Waals surface area contributed by atoms with Crippen LogP contribution in [0.3, 0.4) is 0 Å². The van der Waals surface area contributed by atoms with Gasteiger partial charge in [-0.3, -0.25) is 10.1 Å². The molecule has 0 aliphatic rings. The van der Waals surface area contributed by atoms with Crippen molar-refractivity contribution < 1.29 is 9.66 Å². The van der Waals surface area contributed by atoms with Gasteiger partial charge in [0.2, 0.25) is 0 Å². The maximum absolute atomic E-state index is 10.7. The average molecular weight is 223 g/mol. The highest BCUT2D eigenvalue weighted by Gasteiger charge is 2.12. The van der Waals surface area contributed by atoms with Crippen molar-refractivity contribution in [1.82, 2.24) is 0 Å². The van der Waals surface area contributed by atoms with E-state index in [9.17, 15) is 10.1 Å². The first-order valence-electron chi connectivity index (χ1n) is 4.11. The fourth-order valence-corrected chi connectivity index (χ4v) is 1.12. The van der Waals surface area contributed by atoms with E-state index >= 15 is 0 Å². The van der Waals surface area contributed by atoms with Gasteiger partial charge in [-0.25, -0.2) is 0 Å². The molecule has 0 N–H and O–H groups in total. The molecule has 1 aromatic carbocycles. The van der Waals surface area contributed by atoms with E-state index in [0.717, 1.165) is 0 Å². The van der Waals surface area contributed by atoms with Gasteiger partial charge in [-0.1, -0.05) is 11.8 Å². The Balaban J connectivity index is 3.22. The fraction of sp³-hybridized carbons (Fsp3) is 0.200. The minimum absolute atomic E-state index is 0.0231. The minimum atomic E-state index is -0.470. The summed E-state index contributed by atoms with van der Waals surface area (Å²) in [5.74, 6) is 6.24. The first-order valence-corrected chi connectivity index (χ1v) is 4.74. The van der Waals surface area contributed by atoms with Crippen LogP contribution in [0.1, 0.15) is 5.56 Å². The van der Waals surface area contributed by atoms with Gasteiger partial charge < -0.3 is 4.74 Å². The Morgan fingerprint density at radius 2 is 2.33 bits per heavy atom. The Bertz CT molecular complexity index is 434. The molecule has 15 heavy (non-hydrogen) atoms. The van der Waals surface area contributed by atoms with E-state index in [1.165, 1.54) is 25.3 Å². The number of rotatable bonds is 2. The molecule has 5 heteroatoms. The lowest BCUT2D eigenvalue weighted by Crippen LogP contribution is -1.93. The van der Waals surface area contributed by atoms with Crippen molar-refractivity contribution in [3.63, 3.8) is 0 Å². The molecule has 0 unspecified atom stereocenters. The number of nitrogens with zero attached hydrogens (tertiary/aromatic N) is 1. The summed E-state index contributed by atoms with van der Waals surface area (Å²) >= 11 is 3.91. The maximum Gasteiger partial charge on any atom is 0.285 e. The Morgan fingerprint density at radius 3 is 2.87 bits per heavy atom. The highest BCUT2D eigenvalue weighted by molar-refractivity contribution is 7.80. The molecule has 0 saturated heterocycles. The van der Waals surface area contributed by atoms with Gasteiger partial charge >= 0.3 is 0 Å². The molecule has 0 saturated carbocycles. The van der Waals surface area contributed by atoms with Gasteiger partial charge in [-0.05, 0) is 6.07 Å². The number of hydrogen-bond acceptors (Lipinski definition) is 4. The lowest BCUT2D eigenvalue weighted by atomic mass is 10.2. The van der Waals surface area contributed by atoms with E-state index in [0.29, 0.717) is 17.1 Å². The molecule has 0 amide bonds. The van der Waals surface area contributed by atoms with Crippen LogP contribution < -0.4 is 4.74 Å².